The maximum absolute atomic E-state index is 10.4. The molecule has 0 atom stereocenters. The van der Waals surface area contributed by atoms with Crippen molar-refractivity contribution in [1.29, 1.82) is 0 Å². The summed E-state index contributed by atoms with van der Waals surface area (Å²) in [5, 5.41) is 3.13. The van der Waals surface area contributed by atoms with Gasteiger partial charge in [0.05, 0.1) is 6.54 Å². The molecule has 5 heteroatoms. The first-order valence-electron chi connectivity index (χ1n) is 5.03. The molecule has 1 saturated carbocycles. The summed E-state index contributed by atoms with van der Waals surface area (Å²) in [7, 11) is 0. The summed E-state index contributed by atoms with van der Waals surface area (Å²) in [4.78, 5) is 14.4. The van der Waals surface area contributed by atoms with E-state index in [1.165, 1.54) is 12.8 Å². The van der Waals surface area contributed by atoms with Crippen LogP contribution in [0, 0.1) is 0 Å². The number of carbonyl (C=O) groups excluding carboxylic acids is 1. The molecule has 1 aliphatic carbocycles. The Balaban J connectivity index is 2.18. The summed E-state index contributed by atoms with van der Waals surface area (Å²) in [6.07, 6.45) is 5.09. The van der Waals surface area contributed by atoms with Crippen molar-refractivity contribution in [2.45, 2.75) is 38.1 Å². The number of aliphatic imine (C=N–C) groups is 1. The Labute approximate surface area is 83.9 Å². The van der Waals surface area contributed by atoms with Crippen LogP contribution < -0.4 is 16.8 Å². The van der Waals surface area contributed by atoms with E-state index in [0.717, 1.165) is 12.8 Å². The number of amides is 1. The standard InChI is InChI=1S/C9H18N4O/c10-8(14)5-6-12-9(11)13-7-3-1-2-4-7/h7H,1-6H2,(H2,10,14)(H3,11,12,13). The van der Waals surface area contributed by atoms with E-state index in [9.17, 15) is 4.79 Å². The summed E-state index contributed by atoms with van der Waals surface area (Å²) < 4.78 is 0. The van der Waals surface area contributed by atoms with Gasteiger partial charge in [-0.25, -0.2) is 0 Å². The zero-order valence-corrected chi connectivity index (χ0v) is 8.33. The van der Waals surface area contributed by atoms with Gasteiger partial charge in [0, 0.05) is 12.5 Å². The van der Waals surface area contributed by atoms with Crippen LogP contribution in [0.25, 0.3) is 0 Å². The molecule has 0 spiro atoms. The van der Waals surface area contributed by atoms with Crippen molar-refractivity contribution in [3.63, 3.8) is 0 Å². The van der Waals surface area contributed by atoms with E-state index in [2.05, 4.69) is 10.3 Å². The molecule has 0 aromatic rings. The number of primary amides is 1. The highest BCUT2D eigenvalue weighted by molar-refractivity contribution is 5.79. The Bertz CT molecular complexity index is 221. The second kappa shape index (κ2) is 5.47. The summed E-state index contributed by atoms with van der Waals surface area (Å²) in [6, 6.07) is 0.465. The maximum atomic E-state index is 10.4. The van der Waals surface area contributed by atoms with E-state index in [4.69, 9.17) is 11.5 Å². The molecule has 14 heavy (non-hydrogen) atoms. The van der Waals surface area contributed by atoms with Crippen molar-refractivity contribution in [2.24, 2.45) is 16.5 Å². The lowest BCUT2D eigenvalue weighted by atomic mass is 10.2. The van der Waals surface area contributed by atoms with Gasteiger partial charge in [-0.15, -0.1) is 0 Å². The predicted molar refractivity (Wildman–Crippen MR) is 55.7 cm³/mol. The molecular formula is C9H18N4O. The summed E-state index contributed by atoms with van der Waals surface area (Å²) in [5.74, 6) is 0.0839. The Morgan fingerprint density at radius 2 is 2.00 bits per heavy atom. The van der Waals surface area contributed by atoms with Gasteiger partial charge in [-0.05, 0) is 12.8 Å². The van der Waals surface area contributed by atoms with Gasteiger partial charge in [0.25, 0.3) is 0 Å². The fraction of sp³-hybridized carbons (Fsp3) is 0.778. The van der Waals surface area contributed by atoms with Crippen molar-refractivity contribution >= 4 is 11.9 Å². The van der Waals surface area contributed by atoms with Gasteiger partial charge in [0.1, 0.15) is 0 Å². The van der Waals surface area contributed by atoms with Gasteiger partial charge < -0.3 is 16.8 Å². The molecule has 5 nitrogen and oxygen atoms in total. The van der Waals surface area contributed by atoms with E-state index in [-0.39, 0.29) is 12.3 Å². The summed E-state index contributed by atoms with van der Waals surface area (Å²) >= 11 is 0. The fourth-order valence-electron chi connectivity index (χ4n) is 1.61. The summed E-state index contributed by atoms with van der Waals surface area (Å²) in [6.45, 7) is 0.376. The van der Waals surface area contributed by atoms with E-state index in [1.807, 2.05) is 0 Å². The van der Waals surface area contributed by atoms with Crippen molar-refractivity contribution in [3.05, 3.63) is 0 Å². The Hall–Kier alpha value is -1.26. The van der Waals surface area contributed by atoms with Gasteiger partial charge in [0.2, 0.25) is 5.91 Å². The third-order valence-electron chi connectivity index (χ3n) is 2.35. The minimum Gasteiger partial charge on any atom is -0.370 e. The molecule has 1 aliphatic rings. The highest BCUT2D eigenvalue weighted by Crippen LogP contribution is 2.17. The number of guanidine groups is 1. The van der Waals surface area contributed by atoms with Gasteiger partial charge in [-0.3, -0.25) is 9.79 Å². The monoisotopic (exact) mass is 198 g/mol. The van der Waals surface area contributed by atoms with Crippen LogP contribution in [0.2, 0.25) is 0 Å². The van der Waals surface area contributed by atoms with Gasteiger partial charge in [0.15, 0.2) is 5.96 Å². The lowest BCUT2D eigenvalue weighted by Gasteiger charge is -2.11. The van der Waals surface area contributed by atoms with Gasteiger partial charge in [-0.2, -0.15) is 0 Å². The van der Waals surface area contributed by atoms with E-state index < -0.39 is 0 Å². The summed E-state index contributed by atoms with van der Waals surface area (Å²) in [5.41, 5.74) is 10.6. The van der Waals surface area contributed by atoms with Crippen LogP contribution in [-0.2, 0) is 4.79 Å². The molecule has 0 unspecified atom stereocenters. The first-order valence-corrected chi connectivity index (χ1v) is 5.03. The molecule has 1 fully saturated rings. The SMILES string of the molecule is NC(=O)CCN=C(N)NC1CCCC1. The normalized spacial score (nSPS) is 18.4. The van der Waals surface area contributed by atoms with Crippen LogP contribution in [0.1, 0.15) is 32.1 Å². The van der Waals surface area contributed by atoms with Crippen LogP contribution in [0.3, 0.4) is 0 Å². The lowest BCUT2D eigenvalue weighted by Crippen LogP contribution is -2.38. The second-order valence-corrected chi connectivity index (χ2v) is 3.61. The molecule has 1 rings (SSSR count). The molecule has 5 N–H and O–H groups in total. The molecule has 80 valence electrons. The number of nitrogens with zero attached hydrogens (tertiary/aromatic N) is 1. The molecule has 0 radical (unpaired) electrons. The Kier molecular flexibility index (Phi) is 4.22. The minimum absolute atomic E-state index is 0.257. The van der Waals surface area contributed by atoms with Crippen LogP contribution in [-0.4, -0.2) is 24.5 Å². The fourth-order valence-corrected chi connectivity index (χ4v) is 1.61. The lowest BCUT2D eigenvalue weighted by molar-refractivity contribution is -0.117. The van der Waals surface area contributed by atoms with Crippen LogP contribution in [0.5, 0.6) is 0 Å². The molecule has 0 bridgehead atoms. The van der Waals surface area contributed by atoms with Crippen LogP contribution in [0.4, 0.5) is 0 Å². The predicted octanol–water partition coefficient (Wildman–Crippen LogP) is -0.291. The molecule has 0 aromatic heterocycles. The van der Waals surface area contributed by atoms with Gasteiger partial charge in [-0.1, -0.05) is 12.8 Å². The molecule has 0 heterocycles. The molecule has 0 aromatic carbocycles. The zero-order valence-electron chi connectivity index (χ0n) is 8.33. The van der Waals surface area contributed by atoms with E-state index in [1.54, 1.807) is 0 Å². The second-order valence-electron chi connectivity index (χ2n) is 3.61. The smallest absolute Gasteiger partial charge is 0.219 e. The first kappa shape index (κ1) is 10.8. The maximum Gasteiger partial charge on any atom is 0.219 e. The number of carbonyl (C=O) groups is 1. The van der Waals surface area contributed by atoms with E-state index in [0.29, 0.717) is 18.5 Å². The highest BCUT2D eigenvalue weighted by atomic mass is 16.1. The Morgan fingerprint density at radius 3 is 2.57 bits per heavy atom. The third kappa shape index (κ3) is 4.11. The third-order valence-corrected chi connectivity index (χ3v) is 2.35. The topological polar surface area (TPSA) is 93.5 Å². The number of hydrogen-bond acceptors (Lipinski definition) is 2. The average molecular weight is 198 g/mol. The quantitative estimate of drug-likeness (QED) is 0.428. The molecule has 0 aliphatic heterocycles. The van der Waals surface area contributed by atoms with Crippen LogP contribution >= 0.6 is 0 Å². The number of nitrogens with two attached hydrogens (primary N) is 2. The first-order chi connectivity index (χ1) is 6.68. The number of nitrogens with one attached hydrogen (secondary N) is 1. The van der Waals surface area contributed by atoms with Crippen molar-refractivity contribution in [3.8, 4) is 0 Å². The zero-order chi connectivity index (χ0) is 10.4. The largest absolute Gasteiger partial charge is 0.370 e. The number of hydrogen-bond donors (Lipinski definition) is 3. The van der Waals surface area contributed by atoms with Crippen molar-refractivity contribution in [1.82, 2.24) is 5.32 Å². The van der Waals surface area contributed by atoms with Gasteiger partial charge >= 0.3 is 0 Å². The number of rotatable bonds is 4. The average Bonchev–Trinajstić information content (AvgIpc) is 2.56. The highest BCUT2D eigenvalue weighted by Gasteiger charge is 2.14. The Morgan fingerprint density at radius 1 is 1.36 bits per heavy atom. The van der Waals surface area contributed by atoms with Crippen molar-refractivity contribution in [2.75, 3.05) is 6.54 Å². The molecule has 0 saturated heterocycles. The van der Waals surface area contributed by atoms with Crippen molar-refractivity contribution < 1.29 is 4.79 Å². The van der Waals surface area contributed by atoms with Crippen LogP contribution in [0.15, 0.2) is 4.99 Å². The molecule has 1 amide bonds. The minimum atomic E-state index is -0.345. The molecular weight excluding hydrogens is 180 g/mol. The van der Waals surface area contributed by atoms with E-state index >= 15 is 0 Å².